The molecule has 1 aliphatic rings. The van der Waals surface area contributed by atoms with E-state index in [1.54, 1.807) is 6.07 Å². The van der Waals surface area contributed by atoms with E-state index in [4.69, 9.17) is 11.6 Å². The lowest BCUT2D eigenvalue weighted by Gasteiger charge is -2.29. The lowest BCUT2D eigenvalue weighted by atomic mass is 10.1. The number of piperazine rings is 1. The Morgan fingerprint density at radius 2 is 1.40 bits per heavy atom. The van der Waals surface area contributed by atoms with Gasteiger partial charge in [-0.05, 0) is 55.7 Å². The SMILES string of the molecule is Cc1ccc(Cl)cc1NC(=O)C[NH+]1CC[NH+](CC(=O)Nc2cccc(C)c2C)CC1. The van der Waals surface area contributed by atoms with Crippen molar-refractivity contribution >= 4 is 34.8 Å². The van der Waals surface area contributed by atoms with Crippen LogP contribution in [0.25, 0.3) is 0 Å². The second-order valence-electron chi connectivity index (χ2n) is 8.16. The fourth-order valence-electron chi connectivity index (χ4n) is 3.77. The third-order valence-corrected chi connectivity index (χ3v) is 6.07. The number of anilines is 2. The average Bonchev–Trinajstić information content (AvgIpc) is 2.70. The van der Waals surface area contributed by atoms with E-state index in [1.807, 2.05) is 51.1 Å². The van der Waals surface area contributed by atoms with Crippen LogP contribution in [0, 0.1) is 20.8 Å². The van der Waals surface area contributed by atoms with Gasteiger partial charge in [-0.1, -0.05) is 29.8 Å². The largest absolute Gasteiger partial charge is 0.321 e. The molecule has 1 fully saturated rings. The predicted molar refractivity (Wildman–Crippen MR) is 120 cm³/mol. The minimum Gasteiger partial charge on any atom is -0.321 e. The van der Waals surface area contributed by atoms with Gasteiger partial charge < -0.3 is 20.4 Å². The molecule has 1 saturated heterocycles. The molecule has 1 heterocycles. The molecule has 0 atom stereocenters. The number of hydrogen-bond donors (Lipinski definition) is 4. The summed E-state index contributed by atoms with van der Waals surface area (Å²) in [6, 6.07) is 11.4. The van der Waals surface area contributed by atoms with Crippen LogP contribution in [0.3, 0.4) is 0 Å². The molecule has 0 spiro atoms. The molecule has 6 nitrogen and oxygen atoms in total. The van der Waals surface area contributed by atoms with Crippen molar-refractivity contribution in [1.82, 2.24) is 0 Å². The highest BCUT2D eigenvalue weighted by atomic mass is 35.5. The number of benzene rings is 2. The lowest BCUT2D eigenvalue weighted by Crippen LogP contribution is -3.28. The normalized spacial score (nSPS) is 18.7. The number of carbonyl (C=O) groups is 2. The third kappa shape index (κ3) is 6.05. The fourth-order valence-corrected chi connectivity index (χ4v) is 3.94. The van der Waals surface area contributed by atoms with E-state index >= 15 is 0 Å². The third-order valence-electron chi connectivity index (χ3n) is 5.84. The first-order valence-electron chi connectivity index (χ1n) is 10.4. The maximum absolute atomic E-state index is 12.5. The predicted octanol–water partition coefficient (Wildman–Crippen LogP) is 0.626. The number of carbonyl (C=O) groups excluding carboxylic acids is 2. The van der Waals surface area contributed by atoms with Gasteiger partial charge in [-0.15, -0.1) is 0 Å². The number of nitrogens with one attached hydrogen (secondary N) is 4. The van der Waals surface area contributed by atoms with Crippen LogP contribution in [0.15, 0.2) is 36.4 Å². The van der Waals surface area contributed by atoms with Crippen molar-refractivity contribution in [2.24, 2.45) is 0 Å². The minimum atomic E-state index is -0.00789. The molecular weight excluding hydrogens is 400 g/mol. The number of hydrogen-bond acceptors (Lipinski definition) is 2. The highest BCUT2D eigenvalue weighted by molar-refractivity contribution is 6.31. The van der Waals surface area contributed by atoms with Gasteiger partial charge in [0.2, 0.25) is 0 Å². The summed E-state index contributed by atoms with van der Waals surface area (Å²) in [5.41, 5.74) is 4.92. The number of rotatable bonds is 6. The van der Waals surface area contributed by atoms with Crippen LogP contribution in [0.2, 0.25) is 5.02 Å². The van der Waals surface area contributed by atoms with Crippen LogP contribution < -0.4 is 20.4 Å². The summed E-state index contributed by atoms with van der Waals surface area (Å²) in [6.07, 6.45) is 0. The van der Waals surface area contributed by atoms with E-state index in [9.17, 15) is 9.59 Å². The van der Waals surface area contributed by atoms with E-state index < -0.39 is 0 Å². The molecule has 0 bridgehead atoms. The number of halogens is 1. The zero-order valence-electron chi connectivity index (χ0n) is 17.9. The van der Waals surface area contributed by atoms with E-state index in [1.165, 1.54) is 15.4 Å². The van der Waals surface area contributed by atoms with Crippen LogP contribution in [0.1, 0.15) is 16.7 Å². The van der Waals surface area contributed by atoms with Gasteiger partial charge >= 0.3 is 0 Å². The highest BCUT2D eigenvalue weighted by Crippen LogP contribution is 2.20. The summed E-state index contributed by atoms with van der Waals surface area (Å²) >= 11 is 6.03. The van der Waals surface area contributed by atoms with Gasteiger partial charge in [0.25, 0.3) is 11.8 Å². The van der Waals surface area contributed by atoms with Crippen molar-refractivity contribution in [2.75, 3.05) is 49.9 Å². The zero-order valence-corrected chi connectivity index (χ0v) is 18.7. The first kappa shape index (κ1) is 22.3. The molecule has 0 aromatic heterocycles. The topological polar surface area (TPSA) is 67.1 Å². The summed E-state index contributed by atoms with van der Waals surface area (Å²) in [4.78, 5) is 27.4. The van der Waals surface area contributed by atoms with Crippen molar-refractivity contribution in [2.45, 2.75) is 20.8 Å². The molecule has 1 aliphatic heterocycles. The second kappa shape index (κ2) is 10.1. The van der Waals surface area contributed by atoms with Crippen molar-refractivity contribution in [3.8, 4) is 0 Å². The van der Waals surface area contributed by atoms with Crippen molar-refractivity contribution in [1.29, 1.82) is 0 Å². The highest BCUT2D eigenvalue weighted by Gasteiger charge is 2.26. The van der Waals surface area contributed by atoms with E-state index in [0.717, 1.165) is 48.7 Å². The summed E-state index contributed by atoms with van der Waals surface area (Å²) in [7, 11) is 0. The number of quaternary nitrogens is 2. The van der Waals surface area contributed by atoms with Gasteiger partial charge in [-0.2, -0.15) is 0 Å². The summed E-state index contributed by atoms with van der Waals surface area (Å²) in [5, 5.41) is 6.61. The van der Waals surface area contributed by atoms with Crippen molar-refractivity contribution < 1.29 is 19.4 Å². The van der Waals surface area contributed by atoms with Gasteiger partial charge in [0.1, 0.15) is 26.2 Å². The Morgan fingerprint density at radius 3 is 2.00 bits per heavy atom. The molecule has 0 radical (unpaired) electrons. The zero-order chi connectivity index (χ0) is 21.7. The maximum atomic E-state index is 12.5. The van der Waals surface area contributed by atoms with E-state index in [-0.39, 0.29) is 11.8 Å². The fraction of sp³-hybridized carbons (Fsp3) is 0.391. The van der Waals surface area contributed by atoms with Gasteiger partial charge in [0.05, 0.1) is 0 Å². The Balaban J connectivity index is 1.43. The number of aryl methyl sites for hydroxylation is 2. The molecule has 7 heteroatoms. The molecule has 0 unspecified atom stereocenters. The Kier molecular flexibility index (Phi) is 7.48. The van der Waals surface area contributed by atoms with Gasteiger partial charge in [-0.25, -0.2) is 0 Å². The average molecular weight is 431 g/mol. The van der Waals surface area contributed by atoms with E-state index in [2.05, 4.69) is 10.6 Å². The molecule has 2 aromatic rings. The molecule has 3 rings (SSSR count). The molecule has 0 saturated carbocycles. The van der Waals surface area contributed by atoms with Crippen LogP contribution in [-0.4, -0.2) is 51.1 Å². The monoisotopic (exact) mass is 430 g/mol. The van der Waals surface area contributed by atoms with Crippen LogP contribution in [0.4, 0.5) is 11.4 Å². The summed E-state index contributed by atoms with van der Waals surface area (Å²) in [5.74, 6) is 0.0304. The van der Waals surface area contributed by atoms with Gasteiger partial charge in [0, 0.05) is 16.4 Å². The molecule has 0 aliphatic carbocycles. The molecule has 2 aromatic carbocycles. The maximum Gasteiger partial charge on any atom is 0.279 e. The van der Waals surface area contributed by atoms with Gasteiger partial charge in [0.15, 0.2) is 13.1 Å². The molecule has 4 N–H and O–H groups in total. The Labute approximate surface area is 183 Å². The van der Waals surface area contributed by atoms with Crippen LogP contribution in [-0.2, 0) is 9.59 Å². The smallest absolute Gasteiger partial charge is 0.279 e. The number of amides is 2. The second-order valence-corrected chi connectivity index (χ2v) is 8.59. The lowest BCUT2D eigenvalue weighted by molar-refractivity contribution is -1.00. The Hall–Kier alpha value is -2.41. The molecular formula is C23H31ClN4O2+2. The standard InChI is InChI=1S/C23H29ClN4O2/c1-16-5-4-6-20(18(16)3)25-22(29)14-27-9-11-28(12-10-27)15-23(30)26-21-13-19(24)8-7-17(21)2/h4-8,13H,9-12,14-15H2,1-3H3,(H,25,29)(H,26,30)/p+2. The molecule has 160 valence electrons. The first-order chi connectivity index (χ1) is 14.3. The summed E-state index contributed by atoms with van der Waals surface area (Å²) < 4.78 is 0. The Morgan fingerprint density at radius 1 is 0.833 bits per heavy atom. The van der Waals surface area contributed by atoms with Crippen molar-refractivity contribution in [3.63, 3.8) is 0 Å². The Bertz CT molecular complexity index is 897. The van der Waals surface area contributed by atoms with Crippen LogP contribution in [0.5, 0.6) is 0 Å². The van der Waals surface area contributed by atoms with Gasteiger partial charge in [-0.3, -0.25) is 9.59 Å². The summed E-state index contributed by atoms with van der Waals surface area (Å²) in [6.45, 7) is 10.4. The molecule has 30 heavy (non-hydrogen) atoms. The van der Waals surface area contributed by atoms with Crippen LogP contribution >= 0.6 is 11.6 Å². The van der Waals surface area contributed by atoms with Crippen molar-refractivity contribution in [3.05, 3.63) is 58.1 Å². The first-order valence-corrected chi connectivity index (χ1v) is 10.8. The molecule has 2 amide bonds. The minimum absolute atomic E-state index is 0.00789. The quantitative estimate of drug-likeness (QED) is 0.543. The van der Waals surface area contributed by atoms with E-state index in [0.29, 0.717) is 18.1 Å².